The second-order valence-corrected chi connectivity index (χ2v) is 6.03. The predicted octanol–water partition coefficient (Wildman–Crippen LogP) is 2.84. The Hall–Kier alpha value is -1.68. The van der Waals surface area contributed by atoms with E-state index in [-0.39, 0.29) is 6.61 Å². The van der Waals surface area contributed by atoms with Gasteiger partial charge in [0.05, 0.1) is 19.8 Å². The zero-order valence-corrected chi connectivity index (χ0v) is 13.5. The van der Waals surface area contributed by atoms with E-state index in [2.05, 4.69) is 59.5 Å². The summed E-state index contributed by atoms with van der Waals surface area (Å²) in [7, 11) is 0. The smallest absolute Gasteiger partial charge is 0.0698 e. The van der Waals surface area contributed by atoms with Crippen molar-refractivity contribution in [3.63, 3.8) is 0 Å². The lowest BCUT2D eigenvalue weighted by Gasteiger charge is -2.37. The van der Waals surface area contributed by atoms with E-state index in [1.54, 1.807) is 0 Å². The molecule has 3 nitrogen and oxygen atoms in total. The minimum atomic E-state index is 0.0935. The van der Waals surface area contributed by atoms with Gasteiger partial charge in [-0.2, -0.15) is 0 Å². The Morgan fingerprint density at radius 1 is 1.00 bits per heavy atom. The van der Waals surface area contributed by atoms with Crippen LogP contribution in [0, 0.1) is 0 Å². The molecule has 0 saturated carbocycles. The van der Waals surface area contributed by atoms with Crippen LogP contribution in [0.4, 0.5) is 0 Å². The Kier molecular flexibility index (Phi) is 5.81. The third kappa shape index (κ3) is 4.20. The molecule has 1 atom stereocenters. The van der Waals surface area contributed by atoms with Crippen LogP contribution in [0.1, 0.15) is 22.7 Å². The van der Waals surface area contributed by atoms with Crippen molar-refractivity contribution in [1.29, 1.82) is 0 Å². The topological polar surface area (TPSA) is 32.7 Å². The van der Waals surface area contributed by atoms with Crippen molar-refractivity contribution < 1.29 is 9.84 Å². The standard InChI is InChI=1S/C20H25NO2/c22-13-15-23-14-12-21-11-10-18-8-4-5-9-19(18)20(21)16-17-6-2-1-3-7-17/h1-9,20,22H,10-16H2. The van der Waals surface area contributed by atoms with Gasteiger partial charge in [0.15, 0.2) is 0 Å². The first-order valence-electron chi connectivity index (χ1n) is 8.43. The van der Waals surface area contributed by atoms with E-state index in [1.807, 2.05) is 0 Å². The van der Waals surface area contributed by atoms with Gasteiger partial charge in [-0.25, -0.2) is 0 Å². The lowest BCUT2D eigenvalue weighted by Crippen LogP contribution is -2.38. The van der Waals surface area contributed by atoms with E-state index in [4.69, 9.17) is 9.84 Å². The number of hydrogen-bond acceptors (Lipinski definition) is 3. The number of ether oxygens (including phenoxy) is 1. The summed E-state index contributed by atoms with van der Waals surface area (Å²) in [5, 5.41) is 8.84. The normalized spacial score (nSPS) is 17.9. The molecule has 0 aromatic heterocycles. The average molecular weight is 311 g/mol. The van der Waals surface area contributed by atoms with Gasteiger partial charge in [0, 0.05) is 19.1 Å². The molecule has 0 saturated heterocycles. The summed E-state index contributed by atoms with van der Waals surface area (Å²) in [5.74, 6) is 0. The fraction of sp³-hybridized carbons (Fsp3) is 0.400. The van der Waals surface area contributed by atoms with Crippen molar-refractivity contribution in [2.45, 2.75) is 18.9 Å². The Morgan fingerprint density at radius 2 is 1.78 bits per heavy atom. The van der Waals surface area contributed by atoms with Crippen LogP contribution in [0.5, 0.6) is 0 Å². The zero-order chi connectivity index (χ0) is 15.9. The Balaban J connectivity index is 1.76. The van der Waals surface area contributed by atoms with Crippen LogP contribution in [0.3, 0.4) is 0 Å². The highest BCUT2D eigenvalue weighted by Gasteiger charge is 2.26. The summed E-state index contributed by atoms with van der Waals surface area (Å²) in [6, 6.07) is 19.9. The Labute approximate surface area is 138 Å². The van der Waals surface area contributed by atoms with E-state index in [1.165, 1.54) is 16.7 Å². The number of benzene rings is 2. The van der Waals surface area contributed by atoms with Gasteiger partial charge in [-0.1, -0.05) is 54.6 Å². The number of rotatable bonds is 7. The minimum absolute atomic E-state index is 0.0935. The quantitative estimate of drug-likeness (QED) is 0.798. The Morgan fingerprint density at radius 3 is 2.61 bits per heavy atom. The maximum Gasteiger partial charge on any atom is 0.0698 e. The predicted molar refractivity (Wildman–Crippen MR) is 92.5 cm³/mol. The minimum Gasteiger partial charge on any atom is -0.394 e. The summed E-state index contributed by atoms with van der Waals surface area (Å²) < 4.78 is 5.48. The van der Waals surface area contributed by atoms with Crippen molar-refractivity contribution in [3.8, 4) is 0 Å². The van der Waals surface area contributed by atoms with Crippen LogP contribution in [0.15, 0.2) is 54.6 Å². The first-order valence-corrected chi connectivity index (χ1v) is 8.43. The molecular weight excluding hydrogens is 286 g/mol. The summed E-state index contributed by atoms with van der Waals surface area (Å²) in [4.78, 5) is 2.52. The van der Waals surface area contributed by atoms with Crippen LogP contribution in [-0.4, -0.2) is 42.9 Å². The van der Waals surface area contributed by atoms with Crippen LogP contribution in [0.25, 0.3) is 0 Å². The first kappa shape index (κ1) is 16.2. The number of hydrogen-bond donors (Lipinski definition) is 1. The molecule has 3 heteroatoms. The number of fused-ring (bicyclic) bond motifs is 1. The zero-order valence-electron chi connectivity index (χ0n) is 13.5. The van der Waals surface area contributed by atoms with Gasteiger partial charge in [0.1, 0.15) is 0 Å². The fourth-order valence-corrected chi connectivity index (χ4v) is 3.40. The molecular formula is C20H25NO2. The molecule has 122 valence electrons. The second kappa shape index (κ2) is 8.25. The van der Waals surface area contributed by atoms with Crippen LogP contribution in [0.2, 0.25) is 0 Å². The molecule has 0 aliphatic carbocycles. The molecule has 1 unspecified atom stereocenters. The summed E-state index contributed by atoms with van der Waals surface area (Å²) in [5.41, 5.74) is 4.29. The summed E-state index contributed by atoms with van der Waals surface area (Å²) >= 11 is 0. The summed E-state index contributed by atoms with van der Waals surface area (Å²) in [6.07, 6.45) is 2.12. The molecule has 1 heterocycles. The van der Waals surface area contributed by atoms with E-state index in [0.29, 0.717) is 19.3 Å². The van der Waals surface area contributed by atoms with Crippen molar-refractivity contribution >= 4 is 0 Å². The maximum atomic E-state index is 8.84. The highest BCUT2D eigenvalue weighted by molar-refractivity contribution is 5.34. The van der Waals surface area contributed by atoms with Crippen molar-refractivity contribution in [3.05, 3.63) is 71.3 Å². The first-order chi connectivity index (χ1) is 11.4. The van der Waals surface area contributed by atoms with Gasteiger partial charge >= 0.3 is 0 Å². The molecule has 0 bridgehead atoms. The molecule has 0 radical (unpaired) electrons. The number of aliphatic hydroxyl groups excluding tert-OH is 1. The van der Waals surface area contributed by atoms with Crippen LogP contribution in [-0.2, 0) is 17.6 Å². The molecule has 1 aliphatic rings. The van der Waals surface area contributed by atoms with E-state index < -0.39 is 0 Å². The van der Waals surface area contributed by atoms with Crippen LogP contribution >= 0.6 is 0 Å². The van der Waals surface area contributed by atoms with Crippen molar-refractivity contribution in [2.75, 3.05) is 32.9 Å². The lowest BCUT2D eigenvalue weighted by molar-refractivity contribution is 0.0603. The van der Waals surface area contributed by atoms with E-state index >= 15 is 0 Å². The van der Waals surface area contributed by atoms with Gasteiger partial charge < -0.3 is 9.84 Å². The second-order valence-electron chi connectivity index (χ2n) is 6.03. The van der Waals surface area contributed by atoms with Gasteiger partial charge in [-0.15, -0.1) is 0 Å². The molecule has 2 aromatic carbocycles. The van der Waals surface area contributed by atoms with Gasteiger partial charge in [0.25, 0.3) is 0 Å². The highest BCUT2D eigenvalue weighted by atomic mass is 16.5. The van der Waals surface area contributed by atoms with E-state index in [0.717, 1.165) is 25.9 Å². The molecule has 2 aromatic rings. The van der Waals surface area contributed by atoms with Crippen molar-refractivity contribution in [2.24, 2.45) is 0 Å². The highest BCUT2D eigenvalue weighted by Crippen LogP contribution is 2.32. The third-order valence-corrected chi connectivity index (χ3v) is 4.55. The van der Waals surface area contributed by atoms with Gasteiger partial charge in [-0.3, -0.25) is 4.90 Å². The molecule has 1 aliphatic heterocycles. The molecule has 1 N–H and O–H groups in total. The molecule has 23 heavy (non-hydrogen) atoms. The third-order valence-electron chi connectivity index (χ3n) is 4.55. The molecule has 3 rings (SSSR count). The Bertz CT molecular complexity index is 600. The maximum absolute atomic E-state index is 8.84. The SMILES string of the molecule is OCCOCCN1CCc2ccccc2C1Cc1ccccc1. The monoisotopic (exact) mass is 311 g/mol. The van der Waals surface area contributed by atoms with Crippen LogP contribution < -0.4 is 0 Å². The average Bonchev–Trinajstić information content (AvgIpc) is 2.61. The molecule has 0 spiro atoms. The lowest BCUT2D eigenvalue weighted by atomic mass is 9.89. The van der Waals surface area contributed by atoms with Crippen molar-refractivity contribution in [1.82, 2.24) is 4.90 Å². The van der Waals surface area contributed by atoms with Gasteiger partial charge in [0.2, 0.25) is 0 Å². The van der Waals surface area contributed by atoms with Gasteiger partial charge in [-0.05, 0) is 29.5 Å². The largest absolute Gasteiger partial charge is 0.394 e. The number of aliphatic hydroxyl groups is 1. The number of nitrogens with zero attached hydrogens (tertiary/aromatic N) is 1. The summed E-state index contributed by atoms with van der Waals surface area (Å²) in [6.45, 7) is 3.17. The van der Waals surface area contributed by atoms with E-state index in [9.17, 15) is 0 Å². The fourth-order valence-electron chi connectivity index (χ4n) is 3.40. The molecule has 0 amide bonds. The molecule has 0 fully saturated rings.